The minimum Gasteiger partial charge on any atom is -0.479 e. The molecule has 4 aliphatic rings. The first-order valence-corrected chi connectivity index (χ1v) is 27.0. The van der Waals surface area contributed by atoms with Crippen molar-refractivity contribution in [3.63, 3.8) is 0 Å². The number of nitrogens with one attached hydrogen (secondary N) is 2. The normalized spacial score (nSPS) is 33.6. The highest BCUT2D eigenvalue weighted by Crippen LogP contribution is 2.40. The zero-order chi connectivity index (χ0) is 53.2. The van der Waals surface area contributed by atoms with E-state index in [-0.39, 0.29) is 44.4 Å². The fourth-order valence-electron chi connectivity index (χ4n) is 9.28. The number of carbonyl (C=O) groups is 4. The van der Waals surface area contributed by atoms with E-state index in [4.69, 9.17) is 32.8 Å². The van der Waals surface area contributed by atoms with Crippen LogP contribution >= 0.6 is 0 Å². The Balaban J connectivity index is 1.61. The van der Waals surface area contributed by atoms with Crippen LogP contribution in [0.2, 0.25) is 0 Å². The Morgan fingerprint density at radius 1 is 0.789 bits per heavy atom. The lowest BCUT2D eigenvalue weighted by Crippen LogP contribution is -2.67. The van der Waals surface area contributed by atoms with Gasteiger partial charge in [0.1, 0.15) is 54.6 Å². The van der Waals surface area contributed by atoms with Crippen LogP contribution in [0.25, 0.3) is 0 Å². The standard InChI is InChI=1S/C39H66N2O27S3/c1-4-21-14-22(23(44)11-8-12-40-36(49)34(68-71(58,59)60)27(67-70(55,56)57)17-61-69(52,53)54)15-24(33(21)66-39-32(48)31(47)29(45)18(2)62-39)64-38-28(41-19(3)43)35(30(46)26(16-42)65-38)63-25(37(50)51)13-20-9-6-5-7-10-20/h18,20-22,24-35,38-39,42,45-48H,4-17H2,1-3H3,(H,40,49)(H,41,43)(H,50,51)(H,52,53,54)(H,55,56,57)(H,58,59,60)/t18?,21?,22?,24-,25+,26?,27+,28?,29-,30+,31?,32+,33-,34+,35?,38-,39+/m1/s1. The molecule has 4 fully saturated rings. The van der Waals surface area contributed by atoms with Gasteiger partial charge in [-0.2, -0.15) is 25.3 Å². The molecule has 0 bridgehead atoms. The van der Waals surface area contributed by atoms with Crippen LogP contribution < -0.4 is 10.6 Å². The number of aliphatic hydroxyl groups is 5. The smallest absolute Gasteiger partial charge is 0.398 e. The van der Waals surface area contributed by atoms with Gasteiger partial charge in [0.15, 0.2) is 24.8 Å². The maximum absolute atomic E-state index is 14.0. The van der Waals surface area contributed by atoms with Crippen molar-refractivity contribution in [2.45, 2.75) is 183 Å². The fraction of sp³-hybridized carbons (Fsp3) is 0.897. The maximum atomic E-state index is 14.0. The number of amides is 2. The molecular formula is C39H66N2O27S3. The molecule has 17 atom stereocenters. The summed E-state index contributed by atoms with van der Waals surface area (Å²) in [7, 11) is -16.7. The van der Waals surface area contributed by atoms with Crippen LogP contribution in [0.4, 0.5) is 0 Å². The predicted octanol–water partition coefficient (Wildman–Crippen LogP) is -2.93. The summed E-state index contributed by atoms with van der Waals surface area (Å²) in [6.07, 6.45) is -19.7. The van der Waals surface area contributed by atoms with Crippen molar-refractivity contribution in [1.82, 2.24) is 10.6 Å². The molecule has 0 radical (unpaired) electrons. The van der Waals surface area contributed by atoms with Crippen LogP contribution in [0.1, 0.15) is 91.4 Å². The summed E-state index contributed by atoms with van der Waals surface area (Å²) in [5, 5.41) is 68.7. The van der Waals surface area contributed by atoms with Crippen molar-refractivity contribution in [3.05, 3.63) is 0 Å². The fourth-order valence-corrected chi connectivity index (χ4v) is 10.5. The van der Waals surface area contributed by atoms with E-state index in [9.17, 15) is 79.6 Å². The predicted molar refractivity (Wildman–Crippen MR) is 233 cm³/mol. The first-order chi connectivity index (χ1) is 33.0. The first-order valence-electron chi connectivity index (χ1n) is 22.9. The van der Waals surface area contributed by atoms with Gasteiger partial charge in [-0.3, -0.25) is 28.0 Å². The second-order valence-electron chi connectivity index (χ2n) is 18.0. The largest absolute Gasteiger partial charge is 0.479 e. The number of ketones is 1. The van der Waals surface area contributed by atoms with Gasteiger partial charge in [-0.1, -0.05) is 45.4 Å². The van der Waals surface area contributed by atoms with E-state index in [1.54, 1.807) is 6.92 Å². The minimum atomic E-state index is -5.66. The van der Waals surface area contributed by atoms with E-state index in [0.717, 1.165) is 39.0 Å². The molecule has 32 heteroatoms. The quantitative estimate of drug-likeness (QED) is 0.0305. The van der Waals surface area contributed by atoms with Gasteiger partial charge in [0.25, 0.3) is 5.91 Å². The highest BCUT2D eigenvalue weighted by molar-refractivity contribution is 7.81. The lowest BCUT2D eigenvalue weighted by molar-refractivity contribution is -0.338. The molecule has 2 saturated carbocycles. The van der Waals surface area contributed by atoms with E-state index < -0.39 is 178 Å². The third kappa shape index (κ3) is 18.6. The van der Waals surface area contributed by atoms with E-state index in [2.05, 4.69) is 23.2 Å². The summed E-state index contributed by atoms with van der Waals surface area (Å²) in [5.74, 6) is -5.73. The molecule has 0 aromatic heterocycles. The van der Waals surface area contributed by atoms with Crippen LogP contribution in [-0.4, -0.2) is 205 Å². The van der Waals surface area contributed by atoms with Crippen LogP contribution in [-0.2, 0) is 86.6 Å². The van der Waals surface area contributed by atoms with Crippen LogP contribution in [0.15, 0.2) is 0 Å². The Morgan fingerprint density at radius 2 is 1.44 bits per heavy atom. The molecule has 0 spiro atoms. The second-order valence-corrected chi connectivity index (χ2v) is 21.2. The summed E-state index contributed by atoms with van der Waals surface area (Å²) >= 11 is 0. The molecule has 4 rings (SSSR count). The number of carboxylic acid groups (broad SMARTS) is 1. The van der Waals surface area contributed by atoms with E-state index in [1.165, 1.54) is 6.92 Å². The van der Waals surface area contributed by atoms with Crippen LogP contribution in [0.5, 0.6) is 0 Å². The number of carbonyl (C=O) groups excluding carboxylic acids is 3. The lowest BCUT2D eigenvalue weighted by Gasteiger charge is -2.49. The first kappa shape index (κ1) is 60.8. The number of carboxylic acids is 1. The number of hydrogen-bond acceptors (Lipinski definition) is 23. The summed E-state index contributed by atoms with van der Waals surface area (Å²) in [6, 6.07) is -1.47. The Labute approximate surface area is 410 Å². The maximum Gasteiger partial charge on any atom is 0.398 e. The zero-order valence-corrected chi connectivity index (χ0v) is 41.3. The number of rotatable bonds is 26. The van der Waals surface area contributed by atoms with Crippen molar-refractivity contribution >= 4 is 54.8 Å². The Morgan fingerprint density at radius 3 is 2.00 bits per heavy atom. The third-order valence-electron chi connectivity index (χ3n) is 12.8. The SMILES string of the molecule is CCC1CC(C(=O)CCCNC(=O)[C@@H](OS(=O)(=O)O)[C@H](COS(=O)(=O)O)OS(=O)(=O)O)C[C@@H](O[C@@H]2OC(CO)[C@H](O)C(O[C@@H](CC3CCCCC3)C(=O)O)C2NC(C)=O)[C@@H]1O[C@@H]1OC(C)[C@@H](O)C(O)[C@@H]1O. The Hall–Kier alpha value is -2.71. The molecule has 2 aliphatic carbocycles. The number of Topliss-reactive ketones (excluding diaryl/α,β-unsaturated/α-hetero) is 1. The topological polar surface area (TPSA) is 451 Å². The molecule has 0 aromatic carbocycles. The van der Waals surface area contributed by atoms with Crippen molar-refractivity contribution in [2.75, 3.05) is 19.8 Å². The number of aliphatic carboxylic acids is 1. The molecule has 11 N–H and O–H groups in total. The van der Waals surface area contributed by atoms with Crippen molar-refractivity contribution in [2.24, 2.45) is 17.8 Å². The summed E-state index contributed by atoms with van der Waals surface area (Å²) in [5.41, 5.74) is 0. The van der Waals surface area contributed by atoms with Gasteiger partial charge < -0.3 is 65.0 Å². The van der Waals surface area contributed by atoms with Gasteiger partial charge in [0.05, 0.1) is 31.5 Å². The van der Waals surface area contributed by atoms with Crippen molar-refractivity contribution in [3.8, 4) is 0 Å². The average molecular weight is 1090 g/mol. The molecule has 71 heavy (non-hydrogen) atoms. The van der Waals surface area contributed by atoms with Gasteiger partial charge in [0, 0.05) is 25.8 Å². The Bertz CT molecular complexity index is 2110. The molecule has 29 nitrogen and oxygen atoms in total. The monoisotopic (exact) mass is 1090 g/mol. The van der Waals surface area contributed by atoms with Crippen LogP contribution in [0.3, 0.4) is 0 Å². The van der Waals surface area contributed by atoms with E-state index >= 15 is 0 Å². The summed E-state index contributed by atoms with van der Waals surface area (Å²) in [6.45, 7) is 1.23. The third-order valence-corrected chi connectivity index (χ3v) is 14.1. The second kappa shape index (κ2) is 26.7. The van der Waals surface area contributed by atoms with Gasteiger partial charge in [-0.15, -0.1) is 0 Å². The summed E-state index contributed by atoms with van der Waals surface area (Å²) in [4.78, 5) is 52.5. The van der Waals surface area contributed by atoms with Crippen LogP contribution in [0, 0.1) is 17.8 Å². The van der Waals surface area contributed by atoms with Gasteiger partial charge >= 0.3 is 37.2 Å². The van der Waals surface area contributed by atoms with Crippen molar-refractivity contribution in [1.29, 1.82) is 0 Å². The van der Waals surface area contributed by atoms with E-state index in [0.29, 0.717) is 0 Å². The molecule has 2 amide bonds. The number of aliphatic hydroxyl groups excluding tert-OH is 5. The molecule has 2 saturated heterocycles. The summed E-state index contributed by atoms with van der Waals surface area (Å²) < 4.78 is 139. The highest BCUT2D eigenvalue weighted by atomic mass is 32.3. The zero-order valence-electron chi connectivity index (χ0n) is 38.9. The van der Waals surface area contributed by atoms with Gasteiger partial charge in [-0.25, -0.2) is 17.3 Å². The molecule has 0 aromatic rings. The lowest BCUT2D eigenvalue weighted by atomic mass is 9.74. The number of ether oxygens (including phenoxy) is 5. The minimum absolute atomic E-state index is 0.0186. The molecular weight excluding hydrogens is 1020 g/mol. The molecule has 2 heterocycles. The van der Waals surface area contributed by atoms with Gasteiger partial charge in [-0.05, 0) is 44.4 Å². The number of hydrogen-bond donors (Lipinski definition) is 11. The van der Waals surface area contributed by atoms with Crippen molar-refractivity contribution < 1.29 is 125 Å². The molecule has 412 valence electrons. The highest BCUT2D eigenvalue weighted by Gasteiger charge is 2.53. The molecule has 7 unspecified atom stereocenters. The average Bonchev–Trinajstić information content (AvgIpc) is 3.27. The van der Waals surface area contributed by atoms with Gasteiger partial charge in [0.2, 0.25) is 5.91 Å². The molecule has 2 aliphatic heterocycles. The Kier molecular flexibility index (Phi) is 22.9. The van der Waals surface area contributed by atoms with E-state index in [1.807, 2.05) is 0 Å².